The predicted molar refractivity (Wildman–Crippen MR) is 84.1 cm³/mol. The van der Waals surface area contributed by atoms with Gasteiger partial charge in [-0.1, -0.05) is 0 Å². The van der Waals surface area contributed by atoms with Crippen molar-refractivity contribution in [2.45, 2.75) is 12.5 Å². The summed E-state index contributed by atoms with van der Waals surface area (Å²) in [5, 5.41) is 32.8. The van der Waals surface area contributed by atoms with Crippen LogP contribution in [-0.2, 0) is 0 Å². The molecule has 0 aromatic heterocycles. The topological polar surface area (TPSA) is 98.9 Å². The molecule has 3 N–H and O–H groups in total. The molecule has 23 heavy (non-hydrogen) atoms. The molecular formula is C12H17Cl2F2N3O4. The van der Waals surface area contributed by atoms with Crippen LogP contribution in [0.2, 0.25) is 0 Å². The number of nitrogens with one attached hydrogen (secondary N) is 1. The van der Waals surface area contributed by atoms with Gasteiger partial charge in [0.15, 0.2) is 5.75 Å². The molecule has 1 aliphatic heterocycles. The van der Waals surface area contributed by atoms with Crippen molar-refractivity contribution in [3.8, 4) is 11.5 Å². The molecule has 0 amide bonds. The number of hydrogen-bond acceptors (Lipinski definition) is 6. The third kappa shape index (κ3) is 4.77. The van der Waals surface area contributed by atoms with Crippen LogP contribution in [-0.4, -0.2) is 52.6 Å². The second-order valence-electron chi connectivity index (χ2n) is 4.73. The summed E-state index contributed by atoms with van der Waals surface area (Å²) < 4.78 is 26.7. The summed E-state index contributed by atoms with van der Waals surface area (Å²) >= 11 is 0. The fourth-order valence-corrected chi connectivity index (χ4v) is 2.41. The largest absolute Gasteiger partial charge is 0.504 e. The Hall–Kier alpha value is -1.42. The van der Waals surface area contributed by atoms with Gasteiger partial charge in [0.2, 0.25) is 5.75 Å². The molecule has 1 saturated heterocycles. The third-order valence-electron chi connectivity index (χ3n) is 3.41. The fourth-order valence-electron chi connectivity index (χ4n) is 2.41. The van der Waals surface area contributed by atoms with Gasteiger partial charge in [-0.3, -0.25) is 15.0 Å². The first-order valence-electron chi connectivity index (χ1n) is 6.35. The zero-order chi connectivity index (χ0) is 15.6. The molecule has 0 spiro atoms. The van der Waals surface area contributed by atoms with Crippen LogP contribution in [0.4, 0.5) is 14.5 Å². The van der Waals surface area contributed by atoms with Gasteiger partial charge in [-0.25, -0.2) is 8.78 Å². The molecule has 132 valence electrons. The summed E-state index contributed by atoms with van der Waals surface area (Å²) in [6.45, 7) is 1.81. The Morgan fingerprint density at radius 3 is 2.26 bits per heavy atom. The Morgan fingerprint density at radius 2 is 1.78 bits per heavy atom. The normalized spacial score (nSPS) is 16.3. The van der Waals surface area contributed by atoms with E-state index >= 15 is 0 Å². The molecule has 2 rings (SSSR count). The van der Waals surface area contributed by atoms with Gasteiger partial charge >= 0.3 is 5.69 Å². The van der Waals surface area contributed by atoms with Crippen molar-refractivity contribution in [3.05, 3.63) is 27.8 Å². The Labute approximate surface area is 143 Å². The van der Waals surface area contributed by atoms with Gasteiger partial charge in [-0.2, -0.15) is 0 Å². The smallest absolute Gasteiger partial charge is 0.314 e. The van der Waals surface area contributed by atoms with Crippen LogP contribution in [0.25, 0.3) is 0 Å². The lowest BCUT2D eigenvalue weighted by atomic mass is 10.0. The first-order chi connectivity index (χ1) is 9.91. The van der Waals surface area contributed by atoms with Crippen molar-refractivity contribution in [2.75, 3.05) is 26.2 Å². The highest BCUT2D eigenvalue weighted by Crippen LogP contribution is 2.40. The summed E-state index contributed by atoms with van der Waals surface area (Å²) in [7, 11) is 0. The van der Waals surface area contributed by atoms with Gasteiger partial charge in [-0.15, -0.1) is 24.8 Å². The highest BCUT2D eigenvalue weighted by atomic mass is 35.5. The maximum absolute atomic E-state index is 13.4. The maximum atomic E-state index is 13.4. The molecule has 1 atom stereocenters. The molecular weight excluding hydrogens is 359 g/mol. The fraction of sp³-hybridized carbons (Fsp3) is 0.500. The van der Waals surface area contributed by atoms with Crippen molar-refractivity contribution in [3.63, 3.8) is 0 Å². The summed E-state index contributed by atoms with van der Waals surface area (Å²) in [6, 6.07) is 0.465. The van der Waals surface area contributed by atoms with Crippen LogP contribution in [0.3, 0.4) is 0 Å². The van der Waals surface area contributed by atoms with E-state index in [-0.39, 0.29) is 30.4 Å². The Morgan fingerprint density at radius 1 is 1.22 bits per heavy atom. The molecule has 0 aliphatic carbocycles. The van der Waals surface area contributed by atoms with Crippen LogP contribution in [0.15, 0.2) is 12.1 Å². The number of nitro benzene ring substituents is 1. The SMILES string of the molecule is Cl.Cl.O=[N+]([O-])c1cc([C@H](C(F)F)N2CCNCC2)cc(O)c1O. The number of phenolic OH excluding ortho intramolecular Hbond substituents is 2. The summed E-state index contributed by atoms with van der Waals surface area (Å²) in [5.74, 6) is -1.70. The van der Waals surface area contributed by atoms with Crippen molar-refractivity contribution in [2.24, 2.45) is 0 Å². The molecule has 7 nitrogen and oxygen atoms in total. The van der Waals surface area contributed by atoms with Gasteiger partial charge in [-0.05, 0) is 11.6 Å². The zero-order valence-electron chi connectivity index (χ0n) is 11.8. The Kier molecular flexibility index (Phi) is 8.46. The minimum Gasteiger partial charge on any atom is -0.504 e. The van der Waals surface area contributed by atoms with E-state index in [2.05, 4.69) is 5.32 Å². The quantitative estimate of drug-likeness (QED) is 0.423. The van der Waals surface area contributed by atoms with Crippen LogP contribution in [0.5, 0.6) is 11.5 Å². The van der Waals surface area contributed by atoms with Crippen LogP contribution < -0.4 is 5.32 Å². The predicted octanol–water partition coefficient (Wildman–Crippen LogP) is 2.06. The first-order valence-corrected chi connectivity index (χ1v) is 6.35. The molecule has 0 bridgehead atoms. The van der Waals surface area contributed by atoms with Gasteiger partial charge in [0, 0.05) is 32.2 Å². The monoisotopic (exact) mass is 375 g/mol. The van der Waals surface area contributed by atoms with Crippen LogP contribution in [0.1, 0.15) is 11.6 Å². The molecule has 1 fully saturated rings. The number of phenols is 2. The van der Waals surface area contributed by atoms with E-state index in [1.54, 1.807) is 0 Å². The zero-order valence-corrected chi connectivity index (χ0v) is 13.4. The van der Waals surface area contributed by atoms with Gasteiger partial charge in [0.25, 0.3) is 6.43 Å². The maximum Gasteiger partial charge on any atom is 0.314 e. The highest BCUT2D eigenvalue weighted by Gasteiger charge is 2.33. The lowest BCUT2D eigenvalue weighted by Crippen LogP contribution is -2.46. The molecule has 1 aliphatic rings. The van der Waals surface area contributed by atoms with Crippen molar-refractivity contribution in [1.82, 2.24) is 10.2 Å². The number of aromatic hydroxyl groups is 2. The minimum absolute atomic E-state index is 0. The number of halogens is 4. The number of nitro groups is 1. The second kappa shape index (κ2) is 9.02. The molecule has 0 radical (unpaired) electrons. The first kappa shape index (κ1) is 21.6. The van der Waals surface area contributed by atoms with Crippen molar-refractivity contribution < 1.29 is 23.9 Å². The average Bonchev–Trinajstić information content (AvgIpc) is 2.43. The standard InChI is InChI=1S/C12H15F2N3O4.2ClH/c13-12(14)10(16-3-1-15-2-4-16)7-5-8(17(20)21)11(19)9(18)6-7;;/h5-6,10,12,15,18-19H,1-4H2;2*1H/t10-;;/m1../s1. The Balaban J connectivity index is 0.00000242. The molecule has 1 aromatic rings. The summed E-state index contributed by atoms with van der Waals surface area (Å²) in [5.41, 5.74) is -0.875. The van der Waals surface area contributed by atoms with Gasteiger partial charge in [0.1, 0.15) is 0 Å². The lowest BCUT2D eigenvalue weighted by Gasteiger charge is -2.34. The van der Waals surface area contributed by atoms with E-state index in [9.17, 15) is 29.1 Å². The van der Waals surface area contributed by atoms with E-state index in [0.717, 1.165) is 12.1 Å². The number of benzene rings is 1. The van der Waals surface area contributed by atoms with E-state index in [0.29, 0.717) is 26.2 Å². The molecule has 1 heterocycles. The number of nitrogens with zero attached hydrogens (tertiary/aromatic N) is 2. The van der Waals surface area contributed by atoms with E-state index in [1.807, 2.05) is 0 Å². The van der Waals surface area contributed by atoms with Crippen LogP contribution in [0, 0.1) is 10.1 Å². The summed E-state index contributed by atoms with van der Waals surface area (Å²) in [6.07, 6.45) is -2.77. The Bertz CT molecular complexity index is 545. The van der Waals surface area contributed by atoms with Gasteiger partial charge in [0.05, 0.1) is 11.0 Å². The molecule has 0 saturated carbocycles. The average molecular weight is 376 g/mol. The molecule has 1 aromatic carbocycles. The third-order valence-corrected chi connectivity index (χ3v) is 3.41. The molecule has 11 heteroatoms. The van der Waals surface area contributed by atoms with Crippen molar-refractivity contribution >= 4 is 30.5 Å². The van der Waals surface area contributed by atoms with Crippen molar-refractivity contribution in [1.29, 1.82) is 0 Å². The minimum atomic E-state index is -2.77. The van der Waals surface area contributed by atoms with E-state index in [1.165, 1.54) is 4.90 Å². The number of alkyl halides is 2. The van der Waals surface area contributed by atoms with Gasteiger partial charge < -0.3 is 15.5 Å². The molecule has 0 unspecified atom stereocenters. The van der Waals surface area contributed by atoms with E-state index in [4.69, 9.17) is 0 Å². The highest BCUT2D eigenvalue weighted by molar-refractivity contribution is 5.85. The lowest BCUT2D eigenvalue weighted by molar-refractivity contribution is -0.386. The number of rotatable bonds is 4. The number of piperazine rings is 1. The van der Waals surface area contributed by atoms with E-state index < -0.39 is 34.6 Å². The second-order valence-corrected chi connectivity index (χ2v) is 4.73. The van der Waals surface area contributed by atoms with Crippen LogP contribution >= 0.6 is 24.8 Å². The number of hydrogen-bond donors (Lipinski definition) is 3. The summed E-state index contributed by atoms with van der Waals surface area (Å²) in [4.78, 5) is 11.4.